The minimum absolute atomic E-state index is 0.139. The van der Waals surface area contributed by atoms with Gasteiger partial charge in [0.25, 0.3) is 0 Å². The number of rotatable bonds is 2. The van der Waals surface area contributed by atoms with E-state index in [1.165, 1.54) is 12.1 Å². The van der Waals surface area contributed by atoms with Crippen LogP contribution in [0.4, 0.5) is 10.5 Å². The van der Waals surface area contributed by atoms with Crippen LogP contribution in [0.2, 0.25) is 0 Å². The fourth-order valence-corrected chi connectivity index (χ4v) is 0.871. The Morgan fingerprint density at radius 2 is 1.92 bits per heavy atom. The van der Waals surface area contributed by atoms with Gasteiger partial charge in [-0.2, -0.15) is 0 Å². The Labute approximate surface area is 73.7 Å². The van der Waals surface area contributed by atoms with Gasteiger partial charge in [0.2, 0.25) is 0 Å². The molecule has 2 N–H and O–H groups in total. The smallest absolute Gasteiger partial charge is 0.347 e. The van der Waals surface area contributed by atoms with Crippen molar-refractivity contribution in [2.75, 3.05) is 5.01 Å². The molecule has 0 atom stereocenters. The number of nitrogens with two attached hydrogens (primary N) is 1. The number of nitro groups is 1. The summed E-state index contributed by atoms with van der Waals surface area (Å²) in [6.45, 7) is 0. The van der Waals surface area contributed by atoms with E-state index >= 15 is 0 Å². The molecule has 0 aliphatic carbocycles. The van der Waals surface area contributed by atoms with Crippen molar-refractivity contribution in [3.05, 3.63) is 40.4 Å². The Morgan fingerprint density at radius 1 is 1.38 bits per heavy atom. The Balaban J connectivity index is 3.03. The lowest BCUT2D eigenvalue weighted by atomic mass is 10.3. The molecule has 0 aliphatic heterocycles. The van der Waals surface area contributed by atoms with Gasteiger partial charge in [0.05, 0.1) is 0 Å². The molecule has 0 heterocycles. The van der Waals surface area contributed by atoms with Gasteiger partial charge in [-0.3, -0.25) is 0 Å². The van der Waals surface area contributed by atoms with E-state index in [1.54, 1.807) is 18.2 Å². The highest BCUT2D eigenvalue weighted by molar-refractivity contribution is 5.87. The lowest BCUT2D eigenvalue weighted by Gasteiger charge is -2.07. The van der Waals surface area contributed by atoms with Crippen LogP contribution in [0.3, 0.4) is 0 Å². The molecule has 0 saturated heterocycles. The number of para-hydroxylation sites is 1. The SMILES string of the molecule is NC(=O)N(c1ccccc1)[N+](=O)[O-]. The van der Waals surface area contributed by atoms with Crippen molar-refractivity contribution in [1.29, 1.82) is 0 Å². The predicted octanol–water partition coefficient (Wildman–Crippen LogP) is 0.763. The molecule has 0 aromatic heterocycles. The van der Waals surface area contributed by atoms with Gasteiger partial charge in [-0.05, 0) is 17.1 Å². The Kier molecular flexibility index (Phi) is 2.44. The van der Waals surface area contributed by atoms with E-state index in [9.17, 15) is 14.9 Å². The third kappa shape index (κ3) is 1.92. The minimum Gasteiger partial charge on any atom is -0.347 e. The van der Waals surface area contributed by atoms with Crippen LogP contribution in [0.5, 0.6) is 0 Å². The zero-order chi connectivity index (χ0) is 9.84. The van der Waals surface area contributed by atoms with E-state index < -0.39 is 11.1 Å². The molecule has 0 bridgehead atoms. The number of carbonyl (C=O) groups is 1. The number of urea groups is 1. The molecule has 68 valence electrons. The number of benzene rings is 1. The molecule has 0 saturated carbocycles. The van der Waals surface area contributed by atoms with E-state index in [0.29, 0.717) is 0 Å². The number of carbonyl (C=O) groups excluding carboxylic acids is 1. The first-order valence-corrected chi connectivity index (χ1v) is 3.42. The average molecular weight is 181 g/mol. The molecule has 6 heteroatoms. The van der Waals surface area contributed by atoms with Gasteiger partial charge in [-0.15, -0.1) is 0 Å². The normalized spacial score (nSPS) is 9.23. The van der Waals surface area contributed by atoms with Crippen molar-refractivity contribution in [2.45, 2.75) is 0 Å². The van der Waals surface area contributed by atoms with Crippen molar-refractivity contribution in [3.63, 3.8) is 0 Å². The van der Waals surface area contributed by atoms with Crippen molar-refractivity contribution < 1.29 is 9.83 Å². The van der Waals surface area contributed by atoms with Gasteiger partial charge in [-0.25, -0.2) is 14.9 Å². The summed E-state index contributed by atoms with van der Waals surface area (Å²) in [7, 11) is 0. The molecule has 0 unspecified atom stereocenters. The highest BCUT2D eigenvalue weighted by Gasteiger charge is 2.22. The zero-order valence-corrected chi connectivity index (χ0v) is 6.58. The van der Waals surface area contributed by atoms with Crippen molar-refractivity contribution >= 4 is 11.7 Å². The van der Waals surface area contributed by atoms with Crippen LogP contribution < -0.4 is 10.7 Å². The molecule has 1 rings (SSSR count). The topological polar surface area (TPSA) is 89.5 Å². The summed E-state index contributed by atoms with van der Waals surface area (Å²) in [5.74, 6) is 0. The van der Waals surface area contributed by atoms with Crippen LogP contribution in [0, 0.1) is 10.1 Å². The zero-order valence-electron chi connectivity index (χ0n) is 6.58. The first-order valence-electron chi connectivity index (χ1n) is 3.42. The van der Waals surface area contributed by atoms with Crippen LogP contribution in [-0.4, -0.2) is 11.1 Å². The first kappa shape index (κ1) is 8.98. The maximum Gasteiger partial charge on any atom is 0.378 e. The fraction of sp³-hybridized carbons (Fsp3) is 0. The minimum atomic E-state index is -1.11. The fourth-order valence-electron chi connectivity index (χ4n) is 0.871. The van der Waals surface area contributed by atoms with Crippen LogP contribution in [0.1, 0.15) is 0 Å². The molecule has 0 spiro atoms. The molecule has 1 aromatic carbocycles. The average Bonchev–Trinajstić information content (AvgIpc) is 2.04. The lowest BCUT2D eigenvalue weighted by Crippen LogP contribution is -2.40. The van der Waals surface area contributed by atoms with Gasteiger partial charge < -0.3 is 5.73 Å². The van der Waals surface area contributed by atoms with E-state index in [-0.39, 0.29) is 10.7 Å². The summed E-state index contributed by atoms with van der Waals surface area (Å²) < 4.78 is 0. The number of hydrazine groups is 1. The predicted molar refractivity (Wildman–Crippen MR) is 45.5 cm³/mol. The molecule has 6 nitrogen and oxygen atoms in total. The summed E-state index contributed by atoms with van der Waals surface area (Å²) in [5, 5.41) is 9.79. The Hall–Kier alpha value is -2.11. The second-order valence-corrected chi connectivity index (χ2v) is 2.22. The summed E-state index contributed by atoms with van der Waals surface area (Å²) in [5.41, 5.74) is 4.95. The third-order valence-electron chi connectivity index (χ3n) is 1.37. The maximum atomic E-state index is 10.6. The maximum absolute atomic E-state index is 10.6. The molecule has 0 fully saturated rings. The second kappa shape index (κ2) is 3.53. The largest absolute Gasteiger partial charge is 0.378 e. The second-order valence-electron chi connectivity index (χ2n) is 2.22. The number of nitrogens with zero attached hydrogens (tertiary/aromatic N) is 2. The highest BCUT2D eigenvalue weighted by atomic mass is 16.7. The van der Waals surface area contributed by atoms with Gasteiger partial charge in [0.1, 0.15) is 5.69 Å². The summed E-state index contributed by atoms with van der Waals surface area (Å²) in [6, 6.07) is 6.57. The third-order valence-corrected chi connectivity index (χ3v) is 1.37. The molecule has 2 amide bonds. The molecule has 13 heavy (non-hydrogen) atoms. The highest BCUT2D eigenvalue weighted by Crippen LogP contribution is 2.12. The van der Waals surface area contributed by atoms with Gasteiger partial charge in [-0.1, -0.05) is 18.2 Å². The Bertz CT molecular complexity index is 311. The van der Waals surface area contributed by atoms with Crippen molar-refractivity contribution in [2.24, 2.45) is 5.73 Å². The van der Waals surface area contributed by atoms with Crippen LogP contribution in [0.25, 0.3) is 0 Å². The first-order chi connectivity index (χ1) is 6.13. The van der Waals surface area contributed by atoms with E-state index in [0.717, 1.165) is 0 Å². The van der Waals surface area contributed by atoms with Gasteiger partial charge >= 0.3 is 6.03 Å². The standard InChI is InChI=1S/C7H7N3O3/c8-7(11)9(10(12)13)6-4-2-1-3-5-6/h1-5H,(H2,8,11). The molecule has 0 aliphatic rings. The van der Waals surface area contributed by atoms with Gasteiger partial charge in [0.15, 0.2) is 5.03 Å². The molecular weight excluding hydrogens is 174 g/mol. The van der Waals surface area contributed by atoms with Gasteiger partial charge in [0, 0.05) is 0 Å². The molecular formula is C7H7N3O3. The quantitative estimate of drug-likeness (QED) is 0.539. The summed E-state index contributed by atoms with van der Waals surface area (Å²) in [6.07, 6.45) is 0. The van der Waals surface area contributed by atoms with Crippen LogP contribution in [-0.2, 0) is 0 Å². The number of hydrogen-bond donors (Lipinski definition) is 1. The Morgan fingerprint density at radius 3 is 2.31 bits per heavy atom. The van der Waals surface area contributed by atoms with Crippen molar-refractivity contribution in [3.8, 4) is 0 Å². The number of anilines is 1. The van der Waals surface area contributed by atoms with E-state index in [1.807, 2.05) is 0 Å². The number of hydrogen-bond acceptors (Lipinski definition) is 3. The number of primary amides is 1. The summed E-state index contributed by atoms with van der Waals surface area (Å²) >= 11 is 0. The van der Waals surface area contributed by atoms with Crippen LogP contribution >= 0.6 is 0 Å². The monoisotopic (exact) mass is 181 g/mol. The summed E-state index contributed by atoms with van der Waals surface area (Å²) in [4.78, 5) is 21.0. The van der Waals surface area contributed by atoms with E-state index in [2.05, 4.69) is 0 Å². The van der Waals surface area contributed by atoms with Crippen molar-refractivity contribution in [1.82, 2.24) is 0 Å². The molecule has 1 aromatic rings. The van der Waals surface area contributed by atoms with Crippen LogP contribution in [0.15, 0.2) is 30.3 Å². The molecule has 0 radical (unpaired) electrons. The van der Waals surface area contributed by atoms with E-state index in [4.69, 9.17) is 5.73 Å². The lowest BCUT2D eigenvalue weighted by molar-refractivity contribution is -0.481. The number of amides is 2.